The third-order valence-corrected chi connectivity index (χ3v) is 6.88. The van der Waals surface area contributed by atoms with E-state index >= 15 is 0 Å². The van der Waals surface area contributed by atoms with E-state index in [0.717, 1.165) is 19.3 Å². The topological polar surface area (TPSA) is 141 Å². The molecule has 0 saturated heterocycles. The van der Waals surface area contributed by atoms with Gasteiger partial charge in [0.2, 0.25) is 5.91 Å². The van der Waals surface area contributed by atoms with Crippen LogP contribution in [-0.2, 0) is 19.2 Å². The van der Waals surface area contributed by atoms with E-state index in [1.54, 1.807) is 12.2 Å². The third-order valence-electron chi connectivity index (χ3n) is 6.88. The molecule has 1 saturated carbocycles. The minimum Gasteiger partial charge on any atom is -0.480 e. The number of amides is 1. The maximum Gasteiger partial charge on any atom is 0.326 e. The van der Waals surface area contributed by atoms with E-state index < -0.39 is 36.1 Å². The van der Waals surface area contributed by atoms with Crippen molar-refractivity contribution in [3.05, 3.63) is 12.2 Å². The highest BCUT2D eigenvalue weighted by Gasteiger charge is 2.40. The van der Waals surface area contributed by atoms with Crippen LogP contribution in [0.2, 0.25) is 0 Å². The van der Waals surface area contributed by atoms with Crippen LogP contribution in [0.25, 0.3) is 0 Å². The number of ketones is 2. The second-order valence-corrected chi connectivity index (χ2v) is 10.9. The van der Waals surface area contributed by atoms with Gasteiger partial charge in [0.15, 0.2) is 0 Å². The van der Waals surface area contributed by atoms with Gasteiger partial charge in [-0.2, -0.15) is 0 Å². The van der Waals surface area contributed by atoms with Gasteiger partial charge in [-0.3, -0.25) is 14.4 Å². The minimum absolute atomic E-state index is 0.0112. The van der Waals surface area contributed by atoms with Crippen LogP contribution < -0.4 is 5.32 Å². The number of nitrogens with one attached hydrogen (secondary N) is 1. The highest BCUT2D eigenvalue weighted by molar-refractivity contribution is 5.90. The Balaban J connectivity index is 2.48. The maximum atomic E-state index is 12.5. The third kappa shape index (κ3) is 12.3. The monoisotopic (exact) mass is 509 g/mol. The first-order valence-electron chi connectivity index (χ1n) is 13.6. The molecule has 1 amide bonds. The number of aliphatic hydroxyl groups is 2. The SMILES string of the molecule is CCCC[C@H](C)C[C@@H](O)C=C[C@H]1[C@H](O)CC(=O)[C@@H]1CC(=O)CCCCC(=O)N[C@@H](CC(C)C)C(=O)O. The molecule has 1 aliphatic carbocycles. The van der Waals surface area contributed by atoms with Crippen molar-refractivity contribution in [1.82, 2.24) is 5.32 Å². The van der Waals surface area contributed by atoms with E-state index in [1.165, 1.54) is 0 Å². The second kappa shape index (κ2) is 16.6. The van der Waals surface area contributed by atoms with Crippen molar-refractivity contribution in [3.63, 3.8) is 0 Å². The predicted molar refractivity (Wildman–Crippen MR) is 138 cm³/mol. The predicted octanol–water partition coefficient (Wildman–Crippen LogP) is 3.82. The molecule has 206 valence electrons. The van der Waals surface area contributed by atoms with Gasteiger partial charge in [0.1, 0.15) is 17.6 Å². The second-order valence-electron chi connectivity index (χ2n) is 10.9. The van der Waals surface area contributed by atoms with Gasteiger partial charge in [-0.1, -0.05) is 59.1 Å². The summed E-state index contributed by atoms with van der Waals surface area (Å²) in [6.45, 7) is 8.01. The molecule has 0 aromatic carbocycles. The van der Waals surface area contributed by atoms with Crippen molar-refractivity contribution in [1.29, 1.82) is 0 Å². The Morgan fingerprint density at radius 2 is 1.75 bits per heavy atom. The summed E-state index contributed by atoms with van der Waals surface area (Å²) in [5.41, 5.74) is 0. The number of carboxylic acids is 1. The molecule has 0 spiro atoms. The van der Waals surface area contributed by atoms with Crippen LogP contribution in [0.15, 0.2) is 12.2 Å². The number of aliphatic hydroxyl groups excluding tert-OH is 2. The van der Waals surface area contributed by atoms with E-state index in [1.807, 2.05) is 13.8 Å². The summed E-state index contributed by atoms with van der Waals surface area (Å²) in [5.74, 6) is -2.21. The van der Waals surface area contributed by atoms with Crippen molar-refractivity contribution in [2.75, 3.05) is 0 Å². The Labute approximate surface area is 215 Å². The van der Waals surface area contributed by atoms with Crippen LogP contribution in [0.5, 0.6) is 0 Å². The summed E-state index contributed by atoms with van der Waals surface area (Å²) in [7, 11) is 0. The lowest BCUT2D eigenvalue weighted by molar-refractivity contribution is -0.142. The summed E-state index contributed by atoms with van der Waals surface area (Å²) in [6, 6.07) is -0.915. The Bertz CT molecular complexity index is 748. The van der Waals surface area contributed by atoms with Gasteiger partial charge in [0.05, 0.1) is 12.2 Å². The average Bonchev–Trinajstić information content (AvgIpc) is 3.04. The van der Waals surface area contributed by atoms with E-state index in [-0.39, 0.29) is 49.1 Å². The van der Waals surface area contributed by atoms with E-state index in [0.29, 0.717) is 31.6 Å². The Kier molecular flexibility index (Phi) is 14.8. The molecular formula is C28H47NO7. The number of aliphatic carboxylic acids is 1. The summed E-state index contributed by atoms with van der Waals surface area (Å²) < 4.78 is 0. The van der Waals surface area contributed by atoms with E-state index in [9.17, 15) is 34.5 Å². The first kappa shape index (κ1) is 32.0. The quantitative estimate of drug-likeness (QED) is 0.163. The number of carbonyl (C=O) groups excluding carboxylic acids is 3. The molecule has 0 aromatic rings. The number of carbonyl (C=O) groups is 4. The van der Waals surface area contributed by atoms with Crippen molar-refractivity contribution < 1.29 is 34.5 Å². The van der Waals surface area contributed by atoms with Crippen LogP contribution in [0, 0.1) is 23.7 Å². The molecule has 0 aromatic heterocycles. The first-order chi connectivity index (χ1) is 16.9. The highest BCUT2D eigenvalue weighted by atomic mass is 16.4. The fourth-order valence-corrected chi connectivity index (χ4v) is 4.82. The van der Waals surface area contributed by atoms with Crippen LogP contribution in [0.4, 0.5) is 0 Å². The molecule has 0 heterocycles. The van der Waals surface area contributed by atoms with Crippen LogP contribution in [0.1, 0.15) is 98.3 Å². The summed E-state index contributed by atoms with van der Waals surface area (Å²) >= 11 is 0. The molecule has 0 bridgehead atoms. The molecule has 8 nitrogen and oxygen atoms in total. The van der Waals surface area contributed by atoms with Gasteiger partial charge in [0.25, 0.3) is 0 Å². The van der Waals surface area contributed by atoms with Gasteiger partial charge in [0, 0.05) is 37.5 Å². The van der Waals surface area contributed by atoms with Gasteiger partial charge in [-0.25, -0.2) is 4.79 Å². The Morgan fingerprint density at radius 3 is 2.36 bits per heavy atom. The molecule has 0 radical (unpaired) electrons. The first-order valence-corrected chi connectivity index (χ1v) is 13.6. The standard InChI is InChI=1S/C28H47NO7/c1-5-6-9-19(4)15-21(31)12-13-22-23(26(33)17-25(22)32)16-20(30)10-7-8-11-27(34)29-24(28(35)36)14-18(2)3/h12-13,18-19,21-25,31-32H,5-11,14-17H2,1-4H3,(H,29,34)(H,35,36)/t19-,21-,22+,23+,24-,25+/m0/s1. The largest absolute Gasteiger partial charge is 0.480 e. The van der Waals surface area contributed by atoms with Crippen LogP contribution >= 0.6 is 0 Å². The highest BCUT2D eigenvalue weighted by Crippen LogP contribution is 2.34. The van der Waals surface area contributed by atoms with Gasteiger partial charge >= 0.3 is 5.97 Å². The Hall–Kier alpha value is -2.06. The maximum absolute atomic E-state index is 12.5. The molecule has 0 aliphatic heterocycles. The average molecular weight is 510 g/mol. The number of rotatable bonds is 18. The smallest absolute Gasteiger partial charge is 0.326 e. The van der Waals surface area contributed by atoms with Crippen LogP contribution in [-0.4, -0.2) is 57.0 Å². The zero-order valence-electron chi connectivity index (χ0n) is 22.4. The summed E-state index contributed by atoms with van der Waals surface area (Å²) in [6.07, 6.45) is 7.39. The van der Waals surface area contributed by atoms with Crippen molar-refractivity contribution >= 4 is 23.4 Å². The molecule has 1 rings (SSSR count). The number of hydrogen-bond donors (Lipinski definition) is 4. The summed E-state index contributed by atoms with van der Waals surface area (Å²) in [4.78, 5) is 48.3. The number of carboxylic acid groups (broad SMARTS) is 1. The number of unbranched alkanes of at least 4 members (excludes halogenated alkanes) is 2. The number of hydrogen-bond acceptors (Lipinski definition) is 6. The van der Waals surface area contributed by atoms with Crippen LogP contribution in [0.3, 0.4) is 0 Å². The lowest BCUT2D eigenvalue weighted by Crippen LogP contribution is -2.41. The summed E-state index contributed by atoms with van der Waals surface area (Å²) in [5, 5.41) is 32.4. The molecule has 6 atom stereocenters. The lowest BCUT2D eigenvalue weighted by Gasteiger charge is -2.18. The van der Waals surface area contributed by atoms with Gasteiger partial charge < -0.3 is 20.6 Å². The zero-order valence-corrected chi connectivity index (χ0v) is 22.4. The molecule has 0 unspecified atom stereocenters. The fourth-order valence-electron chi connectivity index (χ4n) is 4.82. The Morgan fingerprint density at radius 1 is 1.08 bits per heavy atom. The van der Waals surface area contributed by atoms with Gasteiger partial charge in [-0.05, 0) is 37.5 Å². The molecular weight excluding hydrogens is 462 g/mol. The number of Topliss-reactive ketones (excluding diaryl/α,β-unsaturated/α-hetero) is 2. The minimum atomic E-state index is -1.06. The normalized spacial score (nSPS) is 22.6. The van der Waals surface area contributed by atoms with Crippen molar-refractivity contribution in [2.45, 2.75) is 117 Å². The van der Waals surface area contributed by atoms with E-state index in [4.69, 9.17) is 0 Å². The zero-order chi connectivity index (χ0) is 27.3. The fraction of sp³-hybridized carbons (Fsp3) is 0.786. The molecule has 36 heavy (non-hydrogen) atoms. The molecule has 1 aliphatic rings. The van der Waals surface area contributed by atoms with E-state index in [2.05, 4.69) is 19.2 Å². The van der Waals surface area contributed by atoms with Gasteiger partial charge in [-0.15, -0.1) is 0 Å². The molecule has 1 fully saturated rings. The molecule has 4 N–H and O–H groups in total. The van der Waals surface area contributed by atoms with Crippen molar-refractivity contribution in [2.24, 2.45) is 23.7 Å². The van der Waals surface area contributed by atoms with Crippen molar-refractivity contribution in [3.8, 4) is 0 Å². The lowest BCUT2D eigenvalue weighted by atomic mass is 9.87. The molecule has 8 heteroatoms.